The number of esters is 1. The quantitative estimate of drug-likeness (QED) is 0.682. The number of nitrogens with zero attached hydrogens (tertiary/aromatic N) is 1. The Balaban J connectivity index is 1.96. The molecule has 1 aliphatic rings. The molecule has 8 nitrogen and oxygen atoms in total. The van der Waals surface area contributed by atoms with E-state index in [4.69, 9.17) is 14.2 Å². The predicted molar refractivity (Wildman–Crippen MR) is 97.5 cm³/mol. The fourth-order valence-corrected chi connectivity index (χ4v) is 2.63. The Labute approximate surface area is 158 Å². The van der Waals surface area contributed by atoms with E-state index in [-0.39, 0.29) is 30.9 Å². The standard InChI is InChI=1S/C19H26N2O6/c1-4-13(2)27-18(23)11-16-19(24)20-9-10-21(16)17(22)12-26-15-7-5-14(25-3)6-8-15/h5-8,13,16H,4,9-12H2,1-3H3,(H,20,24). The van der Waals surface area contributed by atoms with E-state index in [1.807, 2.05) is 6.92 Å². The summed E-state index contributed by atoms with van der Waals surface area (Å²) in [6.07, 6.45) is 0.275. The topological polar surface area (TPSA) is 94.2 Å². The molecule has 1 aromatic carbocycles. The minimum atomic E-state index is -0.887. The molecule has 0 aromatic heterocycles. The van der Waals surface area contributed by atoms with E-state index >= 15 is 0 Å². The zero-order valence-electron chi connectivity index (χ0n) is 15.9. The molecule has 8 heteroatoms. The lowest BCUT2D eigenvalue weighted by molar-refractivity contribution is -0.155. The van der Waals surface area contributed by atoms with Gasteiger partial charge in [0, 0.05) is 13.1 Å². The maximum Gasteiger partial charge on any atom is 0.308 e. The van der Waals surface area contributed by atoms with Gasteiger partial charge in [-0.15, -0.1) is 0 Å². The number of carbonyl (C=O) groups excluding carboxylic acids is 3. The lowest BCUT2D eigenvalue weighted by Gasteiger charge is -2.34. The molecule has 2 amide bonds. The molecule has 0 spiro atoms. The lowest BCUT2D eigenvalue weighted by Crippen LogP contribution is -2.58. The third-order valence-corrected chi connectivity index (χ3v) is 4.34. The van der Waals surface area contributed by atoms with Gasteiger partial charge in [-0.1, -0.05) is 6.92 Å². The third-order valence-electron chi connectivity index (χ3n) is 4.34. The largest absolute Gasteiger partial charge is 0.497 e. The highest BCUT2D eigenvalue weighted by atomic mass is 16.5. The zero-order valence-corrected chi connectivity index (χ0v) is 15.9. The number of rotatable bonds is 8. The van der Waals surface area contributed by atoms with Crippen molar-refractivity contribution >= 4 is 17.8 Å². The SMILES string of the molecule is CCC(C)OC(=O)CC1C(=O)NCCN1C(=O)COc1ccc(OC)cc1. The maximum atomic E-state index is 12.6. The Bertz CT molecular complexity index is 661. The van der Waals surface area contributed by atoms with E-state index in [0.717, 1.165) is 0 Å². The highest BCUT2D eigenvalue weighted by molar-refractivity contribution is 5.92. The molecular weight excluding hydrogens is 352 g/mol. The van der Waals surface area contributed by atoms with Crippen molar-refractivity contribution in [3.05, 3.63) is 24.3 Å². The average molecular weight is 378 g/mol. The minimum absolute atomic E-state index is 0.176. The number of hydrogen-bond acceptors (Lipinski definition) is 6. The van der Waals surface area contributed by atoms with Crippen LogP contribution in [-0.4, -0.2) is 61.6 Å². The van der Waals surface area contributed by atoms with E-state index < -0.39 is 12.0 Å². The summed E-state index contributed by atoms with van der Waals surface area (Å²) in [4.78, 5) is 38.2. The van der Waals surface area contributed by atoms with Crippen LogP contribution in [0, 0.1) is 0 Å². The van der Waals surface area contributed by atoms with Gasteiger partial charge in [-0.25, -0.2) is 0 Å². The van der Waals surface area contributed by atoms with E-state index in [9.17, 15) is 14.4 Å². The van der Waals surface area contributed by atoms with Gasteiger partial charge in [0.25, 0.3) is 5.91 Å². The van der Waals surface area contributed by atoms with Crippen LogP contribution in [0.2, 0.25) is 0 Å². The van der Waals surface area contributed by atoms with Gasteiger partial charge in [-0.2, -0.15) is 0 Å². The maximum absolute atomic E-state index is 12.6. The van der Waals surface area contributed by atoms with E-state index in [1.54, 1.807) is 38.3 Å². The molecule has 2 rings (SSSR count). The van der Waals surface area contributed by atoms with Crippen molar-refractivity contribution in [1.29, 1.82) is 0 Å². The summed E-state index contributed by atoms with van der Waals surface area (Å²) in [6, 6.07) is 5.94. The van der Waals surface area contributed by atoms with Gasteiger partial charge in [0.05, 0.1) is 19.6 Å². The van der Waals surface area contributed by atoms with E-state index in [0.29, 0.717) is 31.0 Å². The van der Waals surface area contributed by atoms with Crippen molar-refractivity contribution in [3.63, 3.8) is 0 Å². The Hall–Kier alpha value is -2.77. The van der Waals surface area contributed by atoms with Crippen LogP contribution >= 0.6 is 0 Å². The van der Waals surface area contributed by atoms with Crippen LogP contribution < -0.4 is 14.8 Å². The highest BCUT2D eigenvalue weighted by Crippen LogP contribution is 2.18. The summed E-state index contributed by atoms with van der Waals surface area (Å²) in [7, 11) is 1.56. The first-order valence-corrected chi connectivity index (χ1v) is 8.98. The first-order chi connectivity index (χ1) is 12.9. The molecule has 1 aliphatic heterocycles. The Morgan fingerprint density at radius 2 is 1.93 bits per heavy atom. The summed E-state index contributed by atoms with van der Waals surface area (Å²) in [5, 5.41) is 2.68. The lowest BCUT2D eigenvalue weighted by atomic mass is 10.1. The first-order valence-electron chi connectivity index (χ1n) is 8.98. The summed E-state index contributed by atoms with van der Waals surface area (Å²) < 4.78 is 15.8. The number of ether oxygens (including phenoxy) is 3. The molecule has 1 heterocycles. The molecule has 1 saturated heterocycles. The zero-order chi connectivity index (χ0) is 19.8. The summed E-state index contributed by atoms with van der Waals surface area (Å²) in [5.41, 5.74) is 0. The van der Waals surface area contributed by atoms with Gasteiger partial charge in [0.15, 0.2) is 6.61 Å². The first kappa shape index (κ1) is 20.5. The third kappa shape index (κ3) is 5.87. The van der Waals surface area contributed by atoms with Crippen molar-refractivity contribution in [3.8, 4) is 11.5 Å². The van der Waals surface area contributed by atoms with Crippen molar-refractivity contribution < 1.29 is 28.6 Å². The molecular formula is C19H26N2O6. The van der Waals surface area contributed by atoms with Crippen LogP contribution in [0.5, 0.6) is 11.5 Å². The van der Waals surface area contributed by atoms with Crippen molar-refractivity contribution in [2.75, 3.05) is 26.8 Å². The number of hydrogen-bond donors (Lipinski definition) is 1. The smallest absolute Gasteiger partial charge is 0.308 e. The fraction of sp³-hybridized carbons (Fsp3) is 0.526. The van der Waals surface area contributed by atoms with Crippen LogP contribution in [0.1, 0.15) is 26.7 Å². The molecule has 1 aromatic rings. The molecule has 2 atom stereocenters. The van der Waals surface area contributed by atoms with Gasteiger partial charge in [0.2, 0.25) is 5.91 Å². The molecule has 0 saturated carbocycles. The molecule has 0 bridgehead atoms. The average Bonchev–Trinajstić information content (AvgIpc) is 2.67. The van der Waals surface area contributed by atoms with Crippen LogP contribution in [-0.2, 0) is 19.1 Å². The van der Waals surface area contributed by atoms with Crippen LogP contribution in [0.25, 0.3) is 0 Å². The van der Waals surface area contributed by atoms with Crippen LogP contribution in [0.3, 0.4) is 0 Å². The van der Waals surface area contributed by atoms with E-state index in [1.165, 1.54) is 4.90 Å². The number of carbonyl (C=O) groups is 3. The van der Waals surface area contributed by atoms with Gasteiger partial charge >= 0.3 is 5.97 Å². The highest BCUT2D eigenvalue weighted by Gasteiger charge is 2.35. The molecule has 1 fully saturated rings. The second kappa shape index (κ2) is 9.80. The number of nitrogens with one attached hydrogen (secondary N) is 1. The molecule has 27 heavy (non-hydrogen) atoms. The monoisotopic (exact) mass is 378 g/mol. The van der Waals surface area contributed by atoms with Crippen molar-refractivity contribution in [2.24, 2.45) is 0 Å². The van der Waals surface area contributed by atoms with Crippen LogP contribution in [0.4, 0.5) is 0 Å². The molecule has 2 unspecified atom stereocenters. The number of piperazine rings is 1. The van der Waals surface area contributed by atoms with Gasteiger partial charge in [0.1, 0.15) is 17.5 Å². The molecule has 0 aliphatic carbocycles. The van der Waals surface area contributed by atoms with Crippen molar-refractivity contribution in [2.45, 2.75) is 38.8 Å². The fourth-order valence-electron chi connectivity index (χ4n) is 2.63. The summed E-state index contributed by atoms with van der Waals surface area (Å²) in [5.74, 6) is -0.0259. The molecule has 148 valence electrons. The van der Waals surface area contributed by atoms with E-state index in [2.05, 4.69) is 5.32 Å². The Morgan fingerprint density at radius 1 is 1.26 bits per heavy atom. The minimum Gasteiger partial charge on any atom is -0.497 e. The predicted octanol–water partition coefficient (Wildman–Crippen LogP) is 1.13. The second-order valence-corrected chi connectivity index (χ2v) is 6.27. The number of benzene rings is 1. The van der Waals surface area contributed by atoms with Gasteiger partial charge in [-0.3, -0.25) is 14.4 Å². The van der Waals surface area contributed by atoms with Gasteiger partial charge in [-0.05, 0) is 37.6 Å². The number of amides is 2. The van der Waals surface area contributed by atoms with Crippen molar-refractivity contribution in [1.82, 2.24) is 10.2 Å². The normalized spacial score (nSPS) is 17.7. The second-order valence-electron chi connectivity index (χ2n) is 6.27. The van der Waals surface area contributed by atoms with Crippen LogP contribution in [0.15, 0.2) is 24.3 Å². The summed E-state index contributed by atoms with van der Waals surface area (Å²) >= 11 is 0. The number of methoxy groups -OCH3 is 1. The molecule has 1 N–H and O–H groups in total. The summed E-state index contributed by atoms with van der Waals surface area (Å²) in [6.45, 7) is 4.11. The Morgan fingerprint density at radius 3 is 2.56 bits per heavy atom. The van der Waals surface area contributed by atoms with Gasteiger partial charge < -0.3 is 24.4 Å². The Kier molecular flexibility index (Phi) is 7.45. The molecule has 0 radical (unpaired) electrons.